The second-order valence-corrected chi connectivity index (χ2v) is 8.17. The van der Waals surface area contributed by atoms with Gasteiger partial charge in [0.2, 0.25) is 10.0 Å². The average Bonchev–Trinajstić information content (AvgIpc) is 2.48. The monoisotopic (exact) mass is 328 g/mol. The van der Waals surface area contributed by atoms with Crippen molar-refractivity contribution in [3.8, 4) is 0 Å². The summed E-state index contributed by atoms with van der Waals surface area (Å²) in [6.07, 6.45) is 2.36. The Hall–Kier alpha value is -0.980. The molecule has 0 N–H and O–H groups in total. The zero-order chi connectivity index (χ0) is 16.2. The van der Waals surface area contributed by atoms with Gasteiger partial charge < -0.3 is 4.90 Å². The van der Waals surface area contributed by atoms with Gasteiger partial charge >= 0.3 is 0 Å². The molecule has 1 aliphatic rings. The molecule has 0 radical (unpaired) electrons. The van der Waals surface area contributed by atoms with E-state index in [9.17, 15) is 12.8 Å². The van der Waals surface area contributed by atoms with E-state index < -0.39 is 15.8 Å². The standard InChI is InChI=1S/C16H25FN2O2S/c1-14(2)4-3-9-18-10-12-19(13-11-18)22(20,21)16-7-5-15(17)6-8-16/h5-8,14H,3-4,9-13H2,1-2H3. The van der Waals surface area contributed by atoms with Crippen molar-refractivity contribution in [2.24, 2.45) is 5.92 Å². The number of benzene rings is 1. The lowest BCUT2D eigenvalue weighted by atomic mass is 10.1. The first-order valence-electron chi connectivity index (χ1n) is 7.87. The van der Waals surface area contributed by atoms with E-state index in [-0.39, 0.29) is 4.90 Å². The lowest BCUT2D eigenvalue weighted by molar-refractivity contribution is 0.183. The van der Waals surface area contributed by atoms with Gasteiger partial charge in [0, 0.05) is 26.2 Å². The van der Waals surface area contributed by atoms with Crippen LogP contribution >= 0.6 is 0 Å². The molecule has 4 nitrogen and oxygen atoms in total. The molecule has 1 heterocycles. The molecule has 0 aliphatic carbocycles. The first-order valence-corrected chi connectivity index (χ1v) is 9.31. The molecule has 0 bridgehead atoms. The summed E-state index contributed by atoms with van der Waals surface area (Å²) < 4.78 is 39.4. The molecule has 1 aromatic rings. The lowest BCUT2D eigenvalue weighted by Crippen LogP contribution is -2.48. The summed E-state index contributed by atoms with van der Waals surface area (Å²) in [4.78, 5) is 2.49. The molecule has 22 heavy (non-hydrogen) atoms. The summed E-state index contributed by atoms with van der Waals surface area (Å²) in [5.41, 5.74) is 0. The van der Waals surface area contributed by atoms with Gasteiger partial charge in [0.1, 0.15) is 5.82 Å². The first-order chi connectivity index (χ1) is 10.4. The Morgan fingerprint density at radius 1 is 1.09 bits per heavy atom. The van der Waals surface area contributed by atoms with Crippen molar-refractivity contribution in [2.45, 2.75) is 31.6 Å². The average molecular weight is 328 g/mol. The van der Waals surface area contributed by atoms with Crippen molar-refractivity contribution in [3.05, 3.63) is 30.1 Å². The minimum absolute atomic E-state index is 0.169. The number of hydrogen-bond donors (Lipinski definition) is 0. The van der Waals surface area contributed by atoms with Crippen molar-refractivity contribution < 1.29 is 12.8 Å². The fourth-order valence-electron chi connectivity index (χ4n) is 2.67. The summed E-state index contributed by atoms with van der Waals surface area (Å²) in [6.45, 7) is 7.99. The molecule has 0 atom stereocenters. The maximum absolute atomic E-state index is 12.9. The summed E-state index contributed by atoms with van der Waals surface area (Å²) in [5.74, 6) is 0.286. The molecule has 124 valence electrons. The zero-order valence-corrected chi connectivity index (χ0v) is 14.2. The van der Waals surface area contributed by atoms with Gasteiger partial charge in [0.15, 0.2) is 0 Å². The summed E-state index contributed by atoms with van der Waals surface area (Å²) >= 11 is 0. The minimum atomic E-state index is -3.50. The fraction of sp³-hybridized carbons (Fsp3) is 0.625. The summed E-state index contributed by atoms with van der Waals surface area (Å²) in [6, 6.07) is 5.05. The van der Waals surface area contributed by atoms with Crippen LogP contribution in [-0.4, -0.2) is 50.3 Å². The number of halogens is 1. The van der Waals surface area contributed by atoms with E-state index in [1.807, 2.05) is 0 Å². The third kappa shape index (κ3) is 4.51. The summed E-state index contributed by atoms with van der Waals surface area (Å²) in [5, 5.41) is 0. The van der Waals surface area contributed by atoms with E-state index in [1.165, 1.54) is 35.0 Å². The molecule has 0 aromatic heterocycles. The molecule has 6 heteroatoms. The molecule has 0 spiro atoms. The van der Waals surface area contributed by atoms with Gasteiger partial charge in [0.25, 0.3) is 0 Å². The van der Waals surface area contributed by atoms with Crippen molar-refractivity contribution >= 4 is 10.0 Å². The predicted molar refractivity (Wildman–Crippen MR) is 85.7 cm³/mol. The van der Waals surface area contributed by atoms with E-state index in [0.29, 0.717) is 19.0 Å². The minimum Gasteiger partial charge on any atom is -0.301 e. The van der Waals surface area contributed by atoms with Crippen LogP contribution in [0.5, 0.6) is 0 Å². The first kappa shape index (κ1) is 17.4. The van der Waals surface area contributed by atoms with E-state index in [4.69, 9.17) is 0 Å². The lowest BCUT2D eigenvalue weighted by Gasteiger charge is -2.34. The van der Waals surface area contributed by atoms with Crippen molar-refractivity contribution in [1.82, 2.24) is 9.21 Å². The van der Waals surface area contributed by atoms with Gasteiger partial charge in [-0.15, -0.1) is 0 Å². The van der Waals surface area contributed by atoms with Crippen LogP contribution in [0.2, 0.25) is 0 Å². The molecule has 1 aromatic carbocycles. The van der Waals surface area contributed by atoms with Crippen LogP contribution in [0.3, 0.4) is 0 Å². The quantitative estimate of drug-likeness (QED) is 0.806. The Bertz CT molecular complexity index is 564. The number of sulfonamides is 1. The Morgan fingerprint density at radius 3 is 2.23 bits per heavy atom. The van der Waals surface area contributed by atoms with Gasteiger partial charge in [-0.3, -0.25) is 0 Å². The number of piperazine rings is 1. The number of nitrogens with zero attached hydrogens (tertiary/aromatic N) is 2. The highest BCUT2D eigenvalue weighted by molar-refractivity contribution is 7.89. The SMILES string of the molecule is CC(C)CCCN1CCN(S(=O)(=O)c2ccc(F)cc2)CC1. The van der Waals surface area contributed by atoms with Crippen molar-refractivity contribution in [2.75, 3.05) is 32.7 Å². The highest BCUT2D eigenvalue weighted by Crippen LogP contribution is 2.18. The van der Waals surface area contributed by atoms with E-state index in [1.54, 1.807) is 0 Å². The van der Waals surface area contributed by atoms with Gasteiger partial charge in [-0.1, -0.05) is 13.8 Å². The predicted octanol–water partition coefficient (Wildman–Crippen LogP) is 2.57. The molecule has 0 saturated carbocycles. The second kappa shape index (κ2) is 7.53. The van der Waals surface area contributed by atoms with Crippen LogP contribution in [-0.2, 0) is 10.0 Å². The van der Waals surface area contributed by atoms with E-state index in [2.05, 4.69) is 18.7 Å². The molecule has 1 aliphatic heterocycles. The van der Waals surface area contributed by atoms with Gasteiger partial charge in [0.05, 0.1) is 4.90 Å². The highest BCUT2D eigenvalue weighted by atomic mass is 32.2. The Labute approximate surface area is 133 Å². The topological polar surface area (TPSA) is 40.6 Å². The van der Waals surface area contributed by atoms with Crippen molar-refractivity contribution in [1.29, 1.82) is 0 Å². The Morgan fingerprint density at radius 2 is 1.68 bits per heavy atom. The molecule has 0 amide bonds. The largest absolute Gasteiger partial charge is 0.301 e. The molecule has 1 fully saturated rings. The molecule has 0 unspecified atom stereocenters. The van der Waals surface area contributed by atoms with E-state index in [0.717, 1.165) is 26.1 Å². The van der Waals surface area contributed by atoms with Crippen LogP contribution in [0.4, 0.5) is 4.39 Å². The number of hydrogen-bond acceptors (Lipinski definition) is 3. The van der Waals surface area contributed by atoms with Crippen LogP contribution < -0.4 is 0 Å². The second-order valence-electron chi connectivity index (χ2n) is 6.24. The van der Waals surface area contributed by atoms with E-state index >= 15 is 0 Å². The molecule has 2 rings (SSSR count). The van der Waals surface area contributed by atoms with Gasteiger partial charge in [-0.05, 0) is 49.6 Å². The smallest absolute Gasteiger partial charge is 0.243 e. The zero-order valence-electron chi connectivity index (χ0n) is 13.3. The summed E-state index contributed by atoms with van der Waals surface area (Å²) in [7, 11) is -3.50. The van der Waals surface area contributed by atoms with Crippen LogP contribution in [0, 0.1) is 11.7 Å². The molecule has 1 saturated heterocycles. The van der Waals surface area contributed by atoms with Crippen LogP contribution in [0.25, 0.3) is 0 Å². The number of rotatable bonds is 6. The Kier molecular flexibility index (Phi) is 5.94. The maximum atomic E-state index is 12.9. The maximum Gasteiger partial charge on any atom is 0.243 e. The van der Waals surface area contributed by atoms with Gasteiger partial charge in [-0.2, -0.15) is 4.31 Å². The third-order valence-electron chi connectivity index (χ3n) is 4.04. The normalized spacial score (nSPS) is 18.0. The fourth-order valence-corrected chi connectivity index (χ4v) is 4.09. The highest BCUT2D eigenvalue weighted by Gasteiger charge is 2.28. The van der Waals surface area contributed by atoms with Gasteiger partial charge in [-0.25, -0.2) is 12.8 Å². The van der Waals surface area contributed by atoms with Crippen LogP contribution in [0.15, 0.2) is 29.2 Å². The van der Waals surface area contributed by atoms with Crippen LogP contribution in [0.1, 0.15) is 26.7 Å². The third-order valence-corrected chi connectivity index (χ3v) is 5.95. The molecular formula is C16H25FN2O2S. The molecular weight excluding hydrogens is 303 g/mol. The van der Waals surface area contributed by atoms with Crippen molar-refractivity contribution in [3.63, 3.8) is 0 Å². The Balaban J connectivity index is 1.89.